The number of ether oxygens (including phenoxy) is 1. The molecule has 5 heteroatoms. The van der Waals surface area contributed by atoms with Crippen molar-refractivity contribution >= 4 is 23.0 Å². The van der Waals surface area contributed by atoms with Gasteiger partial charge in [-0.15, -0.1) is 0 Å². The SMILES string of the molecule is COCCN(C)CCNc1ccc(N)cc1Cl. The minimum absolute atomic E-state index is 0.657. The van der Waals surface area contributed by atoms with E-state index in [0.717, 1.165) is 31.9 Å². The molecule has 0 fully saturated rings. The van der Waals surface area contributed by atoms with E-state index in [1.807, 2.05) is 12.1 Å². The van der Waals surface area contributed by atoms with Crippen LogP contribution in [0.5, 0.6) is 0 Å². The van der Waals surface area contributed by atoms with Crippen LogP contribution < -0.4 is 11.1 Å². The van der Waals surface area contributed by atoms with Crippen LogP contribution in [0.1, 0.15) is 0 Å². The lowest BCUT2D eigenvalue weighted by molar-refractivity contribution is 0.163. The Morgan fingerprint density at radius 3 is 2.82 bits per heavy atom. The lowest BCUT2D eigenvalue weighted by atomic mass is 10.3. The molecular weight excluding hydrogens is 238 g/mol. The van der Waals surface area contributed by atoms with Gasteiger partial charge in [-0.1, -0.05) is 11.6 Å². The number of anilines is 2. The number of benzene rings is 1. The Hall–Kier alpha value is -0.970. The van der Waals surface area contributed by atoms with Gasteiger partial charge in [0.15, 0.2) is 0 Å². The molecule has 0 aliphatic rings. The number of nitrogen functional groups attached to an aromatic ring is 1. The summed E-state index contributed by atoms with van der Waals surface area (Å²) in [6.45, 7) is 3.45. The molecule has 4 nitrogen and oxygen atoms in total. The molecule has 0 heterocycles. The molecule has 0 spiro atoms. The van der Waals surface area contributed by atoms with Gasteiger partial charge >= 0.3 is 0 Å². The molecular formula is C12H20ClN3O. The average molecular weight is 258 g/mol. The Bertz CT molecular complexity index is 347. The summed E-state index contributed by atoms with van der Waals surface area (Å²) in [5, 5.41) is 3.93. The zero-order valence-electron chi connectivity index (χ0n) is 10.4. The van der Waals surface area contributed by atoms with Crippen LogP contribution in [0.2, 0.25) is 5.02 Å². The summed E-state index contributed by atoms with van der Waals surface area (Å²) in [6.07, 6.45) is 0. The van der Waals surface area contributed by atoms with E-state index in [1.165, 1.54) is 0 Å². The maximum Gasteiger partial charge on any atom is 0.0657 e. The summed E-state index contributed by atoms with van der Waals surface area (Å²) in [6, 6.07) is 5.48. The molecule has 0 unspecified atom stereocenters. The standard InChI is InChI=1S/C12H20ClN3O/c1-16(7-8-17-2)6-5-15-12-4-3-10(14)9-11(12)13/h3-4,9,15H,5-8,14H2,1-2H3. The second-order valence-electron chi connectivity index (χ2n) is 3.96. The zero-order valence-corrected chi connectivity index (χ0v) is 11.1. The zero-order chi connectivity index (χ0) is 12.7. The summed E-state index contributed by atoms with van der Waals surface area (Å²) in [7, 11) is 3.77. The van der Waals surface area contributed by atoms with Gasteiger partial charge in [0, 0.05) is 32.4 Å². The van der Waals surface area contributed by atoms with E-state index in [0.29, 0.717) is 10.7 Å². The maximum absolute atomic E-state index is 6.05. The molecule has 1 aromatic carbocycles. The van der Waals surface area contributed by atoms with Gasteiger partial charge in [-0.05, 0) is 25.2 Å². The summed E-state index contributed by atoms with van der Waals surface area (Å²) >= 11 is 6.05. The molecule has 0 radical (unpaired) electrons. The third-order valence-electron chi connectivity index (χ3n) is 2.48. The van der Waals surface area contributed by atoms with Crippen molar-refractivity contribution in [2.24, 2.45) is 0 Å². The highest BCUT2D eigenvalue weighted by Gasteiger charge is 2.01. The number of rotatable bonds is 7. The number of hydrogen-bond acceptors (Lipinski definition) is 4. The third-order valence-corrected chi connectivity index (χ3v) is 2.79. The van der Waals surface area contributed by atoms with E-state index in [4.69, 9.17) is 22.1 Å². The summed E-state index contributed by atoms with van der Waals surface area (Å²) < 4.78 is 5.01. The minimum atomic E-state index is 0.657. The lowest BCUT2D eigenvalue weighted by Gasteiger charge is -2.17. The van der Waals surface area contributed by atoms with Crippen molar-refractivity contribution in [3.63, 3.8) is 0 Å². The van der Waals surface area contributed by atoms with E-state index in [1.54, 1.807) is 13.2 Å². The molecule has 0 aliphatic carbocycles. The molecule has 1 aromatic rings. The van der Waals surface area contributed by atoms with Gasteiger partial charge in [-0.3, -0.25) is 0 Å². The predicted molar refractivity (Wildman–Crippen MR) is 73.7 cm³/mol. The van der Waals surface area contributed by atoms with Crippen LogP contribution in [-0.4, -0.2) is 45.3 Å². The summed E-state index contributed by atoms with van der Waals surface area (Å²) in [4.78, 5) is 2.20. The monoisotopic (exact) mass is 257 g/mol. The van der Waals surface area contributed by atoms with Crippen molar-refractivity contribution in [1.29, 1.82) is 0 Å². The number of methoxy groups -OCH3 is 1. The highest BCUT2D eigenvalue weighted by molar-refractivity contribution is 6.33. The molecule has 0 bridgehead atoms. The Morgan fingerprint density at radius 1 is 1.41 bits per heavy atom. The largest absolute Gasteiger partial charge is 0.399 e. The van der Waals surface area contributed by atoms with E-state index in [-0.39, 0.29) is 0 Å². The number of hydrogen-bond donors (Lipinski definition) is 2. The fraction of sp³-hybridized carbons (Fsp3) is 0.500. The Labute approximate surface area is 108 Å². The lowest BCUT2D eigenvalue weighted by Crippen LogP contribution is -2.28. The smallest absolute Gasteiger partial charge is 0.0657 e. The van der Waals surface area contributed by atoms with E-state index >= 15 is 0 Å². The molecule has 0 amide bonds. The topological polar surface area (TPSA) is 50.5 Å². The van der Waals surface area contributed by atoms with E-state index in [9.17, 15) is 0 Å². The van der Waals surface area contributed by atoms with E-state index < -0.39 is 0 Å². The Morgan fingerprint density at radius 2 is 2.18 bits per heavy atom. The molecule has 3 N–H and O–H groups in total. The summed E-state index contributed by atoms with van der Waals surface area (Å²) in [5.74, 6) is 0. The average Bonchev–Trinajstić information content (AvgIpc) is 2.29. The number of halogens is 1. The van der Waals surface area contributed by atoms with Gasteiger partial charge in [0.1, 0.15) is 0 Å². The van der Waals surface area contributed by atoms with Crippen LogP contribution in [0.4, 0.5) is 11.4 Å². The van der Waals surface area contributed by atoms with E-state index in [2.05, 4.69) is 17.3 Å². The van der Waals surface area contributed by atoms with Crippen LogP contribution >= 0.6 is 11.6 Å². The Balaban J connectivity index is 2.30. The highest BCUT2D eigenvalue weighted by atomic mass is 35.5. The van der Waals surface area contributed by atoms with Gasteiger partial charge in [0.25, 0.3) is 0 Å². The van der Waals surface area contributed by atoms with Gasteiger partial charge < -0.3 is 20.7 Å². The van der Waals surface area contributed by atoms with Crippen LogP contribution in [0, 0.1) is 0 Å². The molecule has 0 aliphatic heterocycles. The summed E-state index contributed by atoms with van der Waals surface area (Å²) in [5.41, 5.74) is 7.22. The van der Waals surface area contributed by atoms with Crippen LogP contribution in [0.15, 0.2) is 18.2 Å². The van der Waals surface area contributed by atoms with Crippen molar-refractivity contribution in [2.75, 3.05) is 51.4 Å². The normalized spacial score (nSPS) is 10.8. The quantitative estimate of drug-likeness (QED) is 0.733. The Kier molecular flexibility index (Phi) is 6.11. The van der Waals surface area contributed by atoms with Crippen LogP contribution in [-0.2, 0) is 4.74 Å². The molecule has 96 valence electrons. The fourth-order valence-corrected chi connectivity index (χ4v) is 1.67. The molecule has 0 saturated carbocycles. The first kappa shape index (κ1) is 14.1. The second kappa shape index (κ2) is 7.37. The van der Waals surface area contributed by atoms with Crippen molar-refractivity contribution in [1.82, 2.24) is 4.90 Å². The van der Waals surface area contributed by atoms with Crippen molar-refractivity contribution in [3.8, 4) is 0 Å². The first-order valence-electron chi connectivity index (χ1n) is 5.60. The first-order valence-corrected chi connectivity index (χ1v) is 5.97. The second-order valence-corrected chi connectivity index (χ2v) is 4.37. The molecule has 0 aromatic heterocycles. The van der Waals surface area contributed by atoms with Crippen molar-refractivity contribution in [2.45, 2.75) is 0 Å². The highest BCUT2D eigenvalue weighted by Crippen LogP contribution is 2.23. The minimum Gasteiger partial charge on any atom is -0.399 e. The van der Waals surface area contributed by atoms with Crippen molar-refractivity contribution in [3.05, 3.63) is 23.2 Å². The third kappa shape index (κ3) is 5.26. The number of nitrogens with zero attached hydrogens (tertiary/aromatic N) is 1. The van der Waals surface area contributed by atoms with Crippen LogP contribution in [0.3, 0.4) is 0 Å². The molecule has 0 saturated heterocycles. The number of likely N-dealkylation sites (N-methyl/N-ethyl adjacent to an activating group) is 1. The molecule has 0 atom stereocenters. The van der Waals surface area contributed by atoms with Gasteiger partial charge in [-0.25, -0.2) is 0 Å². The van der Waals surface area contributed by atoms with Gasteiger partial charge in [-0.2, -0.15) is 0 Å². The van der Waals surface area contributed by atoms with Crippen LogP contribution in [0.25, 0.3) is 0 Å². The molecule has 1 rings (SSSR count). The predicted octanol–water partition coefficient (Wildman–Crippen LogP) is 1.91. The fourth-order valence-electron chi connectivity index (χ4n) is 1.42. The maximum atomic E-state index is 6.05. The number of nitrogens with two attached hydrogens (primary N) is 1. The van der Waals surface area contributed by atoms with Gasteiger partial charge in [0.2, 0.25) is 0 Å². The number of nitrogens with one attached hydrogen (secondary N) is 1. The van der Waals surface area contributed by atoms with Gasteiger partial charge in [0.05, 0.1) is 17.3 Å². The molecule has 17 heavy (non-hydrogen) atoms. The first-order chi connectivity index (χ1) is 8.13. The van der Waals surface area contributed by atoms with Crippen molar-refractivity contribution < 1.29 is 4.74 Å².